The lowest BCUT2D eigenvalue weighted by molar-refractivity contribution is -0.136. The predicted octanol–water partition coefficient (Wildman–Crippen LogP) is 5.93. The molecule has 2 rings (SSSR count). The number of carbonyl (C=O) groups is 1. The van der Waals surface area contributed by atoms with Gasteiger partial charge in [-0.05, 0) is 57.2 Å². The zero-order valence-electron chi connectivity index (χ0n) is 15.7. The number of hydrogen-bond acceptors (Lipinski definition) is 3. The third kappa shape index (κ3) is 5.87. The third-order valence-electron chi connectivity index (χ3n) is 3.73. The van der Waals surface area contributed by atoms with Crippen molar-refractivity contribution in [2.45, 2.75) is 39.7 Å². The molecule has 1 amide bonds. The summed E-state index contributed by atoms with van der Waals surface area (Å²) in [5, 5.41) is 2.24. The molecule has 0 saturated carbocycles. The van der Waals surface area contributed by atoms with Crippen LogP contribution in [-0.2, 0) is 17.5 Å². The number of benzene rings is 2. The Hall–Kier alpha value is -2.25. The van der Waals surface area contributed by atoms with Gasteiger partial charge in [-0.3, -0.25) is 4.79 Å². The Balaban J connectivity index is 2.31. The van der Waals surface area contributed by atoms with Gasteiger partial charge in [-0.2, -0.15) is 13.2 Å². The molecule has 0 unspecified atom stereocenters. The van der Waals surface area contributed by atoms with Crippen LogP contribution in [0, 0.1) is 0 Å². The van der Waals surface area contributed by atoms with E-state index >= 15 is 0 Å². The van der Waals surface area contributed by atoms with E-state index in [-0.39, 0.29) is 29.0 Å². The molecule has 2 aromatic carbocycles. The van der Waals surface area contributed by atoms with Crippen molar-refractivity contribution in [2.24, 2.45) is 0 Å². The van der Waals surface area contributed by atoms with E-state index in [2.05, 4.69) is 5.32 Å². The van der Waals surface area contributed by atoms with Crippen molar-refractivity contribution in [1.82, 2.24) is 0 Å². The number of carbonyl (C=O) groups excluding carboxylic acids is 1. The largest absolute Gasteiger partial charge is 0.494 e. The van der Waals surface area contributed by atoms with Gasteiger partial charge in [0.05, 0.1) is 30.6 Å². The highest BCUT2D eigenvalue weighted by Crippen LogP contribution is 2.36. The fourth-order valence-corrected chi connectivity index (χ4v) is 2.61. The molecule has 152 valence electrons. The molecule has 4 nitrogen and oxygen atoms in total. The molecule has 0 spiro atoms. The Bertz CT molecular complexity index is 838. The Labute approximate surface area is 166 Å². The summed E-state index contributed by atoms with van der Waals surface area (Å²) in [5.74, 6) is -0.121. The van der Waals surface area contributed by atoms with Gasteiger partial charge in [-0.25, -0.2) is 0 Å². The van der Waals surface area contributed by atoms with Crippen molar-refractivity contribution in [3.8, 4) is 5.75 Å². The van der Waals surface area contributed by atoms with E-state index in [9.17, 15) is 18.0 Å². The number of ether oxygens (including phenoxy) is 2. The number of hydrogen-bond donors (Lipinski definition) is 1. The van der Waals surface area contributed by atoms with Crippen LogP contribution >= 0.6 is 11.6 Å². The Morgan fingerprint density at radius 1 is 1.18 bits per heavy atom. The quantitative estimate of drug-likeness (QED) is 0.609. The summed E-state index contributed by atoms with van der Waals surface area (Å²) in [4.78, 5) is 12.5. The average Bonchev–Trinajstić information content (AvgIpc) is 2.61. The summed E-state index contributed by atoms with van der Waals surface area (Å²) in [5.41, 5.74) is -0.553. The second-order valence-electron chi connectivity index (χ2n) is 6.26. The highest BCUT2D eigenvalue weighted by atomic mass is 35.5. The van der Waals surface area contributed by atoms with Gasteiger partial charge in [-0.1, -0.05) is 11.6 Å². The molecular formula is C20H21ClF3NO3. The molecule has 1 N–H and O–H groups in total. The minimum Gasteiger partial charge on any atom is -0.494 e. The first-order valence-electron chi connectivity index (χ1n) is 8.67. The van der Waals surface area contributed by atoms with Gasteiger partial charge >= 0.3 is 6.18 Å². The SMILES string of the molecule is CCOc1ccc(C(=O)Nc2ccc(Cl)cc2C(F)(F)F)cc1COC(C)C. The van der Waals surface area contributed by atoms with Crippen molar-refractivity contribution < 1.29 is 27.4 Å². The van der Waals surface area contributed by atoms with Gasteiger partial charge in [0.25, 0.3) is 5.91 Å². The molecule has 8 heteroatoms. The van der Waals surface area contributed by atoms with Gasteiger partial charge in [0.1, 0.15) is 5.75 Å². The topological polar surface area (TPSA) is 47.6 Å². The Kier molecular flexibility index (Phi) is 7.32. The summed E-state index contributed by atoms with van der Waals surface area (Å²) < 4.78 is 50.7. The predicted molar refractivity (Wildman–Crippen MR) is 102 cm³/mol. The lowest BCUT2D eigenvalue weighted by Crippen LogP contribution is -2.17. The Morgan fingerprint density at radius 3 is 2.50 bits per heavy atom. The summed E-state index contributed by atoms with van der Waals surface area (Å²) in [7, 11) is 0. The van der Waals surface area contributed by atoms with Crippen molar-refractivity contribution in [3.05, 3.63) is 58.1 Å². The monoisotopic (exact) mass is 415 g/mol. The number of rotatable bonds is 7. The molecule has 0 aliphatic carbocycles. The van der Waals surface area contributed by atoms with E-state index in [1.54, 1.807) is 12.1 Å². The maximum absolute atomic E-state index is 13.2. The van der Waals surface area contributed by atoms with Gasteiger partial charge in [0, 0.05) is 16.1 Å². The van der Waals surface area contributed by atoms with E-state index in [4.69, 9.17) is 21.1 Å². The minimum absolute atomic E-state index is 0.0321. The summed E-state index contributed by atoms with van der Waals surface area (Å²) >= 11 is 5.66. The highest BCUT2D eigenvalue weighted by Gasteiger charge is 2.34. The molecule has 0 fully saturated rings. The van der Waals surface area contributed by atoms with Crippen LogP contribution in [0.4, 0.5) is 18.9 Å². The van der Waals surface area contributed by atoms with E-state index in [1.165, 1.54) is 12.1 Å². The lowest BCUT2D eigenvalue weighted by Gasteiger charge is -2.16. The minimum atomic E-state index is -4.65. The fourth-order valence-electron chi connectivity index (χ4n) is 2.44. The van der Waals surface area contributed by atoms with Gasteiger partial charge in [0.2, 0.25) is 0 Å². The van der Waals surface area contributed by atoms with Crippen LogP contribution in [0.15, 0.2) is 36.4 Å². The first kappa shape index (κ1) is 22.0. The molecule has 0 radical (unpaired) electrons. The second-order valence-corrected chi connectivity index (χ2v) is 6.69. The zero-order chi connectivity index (χ0) is 20.9. The van der Waals surface area contributed by atoms with Crippen LogP contribution in [0.3, 0.4) is 0 Å². The molecule has 0 atom stereocenters. The Morgan fingerprint density at radius 2 is 1.89 bits per heavy atom. The van der Waals surface area contributed by atoms with Gasteiger partial charge in [0.15, 0.2) is 0 Å². The van der Waals surface area contributed by atoms with Crippen LogP contribution in [0.1, 0.15) is 42.3 Å². The fraction of sp³-hybridized carbons (Fsp3) is 0.350. The smallest absolute Gasteiger partial charge is 0.418 e. The van der Waals surface area contributed by atoms with Crippen LogP contribution in [0.5, 0.6) is 5.75 Å². The van der Waals surface area contributed by atoms with Crippen molar-refractivity contribution in [1.29, 1.82) is 0 Å². The van der Waals surface area contributed by atoms with Crippen molar-refractivity contribution >= 4 is 23.2 Å². The molecule has 0 bridgehead atoms. The molecule has 0 aromatic heterocycles. The normalized spacial score (nSPS) is 11.6. The molecule has 28 heavy (non-hydrogen) atoms. The standard InChI is InChI=1S/C20H21ClF3NO3/c1-4-27-18-8-5-13(9-14(18)11-28-12(2)3)19(26)25-17-7-6-15(21)10-16(17)20(22,23)24/h5-10,12H,4,11H2,1-3H3,(H,25,26). The molecule has 0 saturated heterocycles. The summed E-state index contributed by atoms with van der Waals surface area (Å²) in [6.07, 6.45) is -4.68. The second kappa shape index (κ2) is 9.30. The number of nitrogens with one attached hydrogen (secondary N) is 1. The molecule has 0 aliphatic rings. The number of amides is 1. The van der Waals surface area contributed by atoms with Crippen LogP contribution in [-0.4, -0.2) is 18.6 Å². The average molecular weight is 416 g/mol. The van der Waals surface area contributed by atoms with Crippen molar-refractivity contribution in [2.75, 3.05) is 11.9 Å². The number of anilines is 1. The lowest BCUT2D eigenvalue weighted by atomic mass is 10.1. The van der Waals surface area contributed by atoms with E-state index in [0.29, 0.717) is 17.9 Å². The molecular weight excluding hydrogens is 395 g/mol. The summed E-state index contributed by atoms with van der Waals surface area (Å²) in [6, 6.07) is 7.82. The van der Waals surface area contributed by atoms with Crippen LogP contribution in [0.2, 0.25) is 5.02 Å². The van der Waals surface area contributed by atoms with Crippen molar-refractivity contribution in [3.63, 3.8) is 0 Å². The third-order valence-corrected chi connectivity index (χ3v) is 3.96. The van der Waals surface area contributed by atoms with Gasteiger partial charge < -0.3 is 14.8 Å². The summed E-state index contributed by atoms with van der Waals surface area (Å²) in [6.45, 7) is 6.21. The highest BCUT2D eigenvalue weighted by molar-refractivity contribution is 6.30. The number of halogens is 4. The number of alkyl halides is 3. The van der Waals surface area contributed by atoms with Crippen LogP contribution < -0.4 is 10.1 Å². The first-order chi connectivity index (χ1) is 13.1. The molecule has 2 aromatic rings. The maximum atomic E-state index is 13.2. The first-order valence-corrected chi connectivity index (χ1v) is 9.05. The van der Waals surface area contributed by atoms with Gasteiger partial charge in [-0.15, -0.1) is 0 Å². The maximum Gasteiger partial charge on any atom is 0.418 e. The molecule has 0 heterocycles. The molecule has 0 aliphatic heterocycles. The van der Waals surface area contributed by atoms with E-state index < -0.39 is 17.6 Å². The van der Waals surface area contributed by atoms with Crippen LogP contribution in [0.25, 0.3) is 0 Å². The van der Waals surface area contributed by atoms with E-state index in [1.807, 2.05) is 20.8 Å². The van der Waals surface area contributed by atoms with E-state index in [0.717, 1.165) is 12.1 Å². The zero-order valence-corrected chi connectivity index (χ0v) is 16.4.